The highest BCUT2D eigenvalue weighted by Gasteiger charge is 2.19. The molecule has 4 aromatic rings. The first-order valence-corrected chi connectivity index (χ1v) is 7.94. The Labute approximate surface area is 147 Å². The van der Waals surface area contributed by atoms with Crippen LogP contribution in [0.2, 0.25) is 0 Å². The van der Waals surface area contributed by atoms with E-state index < -0.39 is 11.6 Å². The van der Waals surface area contributed by atoms with Crippen molar-refractivity contribution in [3.05, 3.63) is 71.6 Å². The summed E-state index contributed by atoms with van der Waals surface area (Å²) in [6, 6.07) is 11.0. The van der Waals surface area contributed by atoms with Gasteiger partial charge in [0.25, 0.3) is 5.89 Å². The van der Waals surface area contributed by atoms with Crippen molar-refractivity contribution in [1.29, 1.82) is 0 Å². The highest BCUT2D eigenvalue weighted by Crippen LogP contribution is 2.28. The third-order valence-electron chi connectivity index (χ3n) is 4.11. The van der Waals surface area contributed by atoms with Gasteiger partial charge in [-0.3, -0.25) is 0 Å². The Morgan fingerprint density at radius 2 is 1.77 bits per heavy atom. The molecule has 5 nitrogen and oxygen atoms in total. The zero-order chi connectivity index (χ0) is 18.3. The molecule has 0 saturated heterocycles. The lowest BCUT2D eigenvalue weighted by Crippen LogP contribution is -2.01. The number of aryl methyl sites for hydroxylation is 1. The maximum atomic E-state index is 14.0. The summed E-state index contributed by atoms with van der Waals surface area (Å²) in [5.74, 6) is -0.472. The smallest absolute Gasteiger partial charge is 0.261 e. The van der Waals surface area contributed by atoms with Gasteiger partial charge in [-0.15, -0.1) is 0 Å². The van der Waals surface area contributed by atoms with Crippen molar-refractivity contribution in [1.82, 2.24) is 19.9 Å². The Morgan fingerprint density at radius 3 is 2.58 bits per heavy atom. The molecule has 0 fully saturated rings. The zero-order valence-electron chi connectivity index (χ0n) is 14.1. The summed E-state index contributed by atoms with van der Waals surface area (Å²) in [7, 11) is 0. The first-order chi connectivity index (χ1) is 12.5. The second-order valence-electron chi connectivity index (χ2n) is 5.91. The maximum Gasteiger partial charge on any atom is 0.261 e. The minimum absolute atomic E-state index is 0.152. The zero-order valence-corrected chi connectivity index (χ0v) is 14.1. The molecule has 2 aromatic heterocycles. The molecule has 0 spiro atoms. The summed E-state index contributed by atoms with van der Waals surface area (Å²) in [4.78, 5) is 4.28. The average Bonchev–Trinajstić information content (AvgIpc) is 3.24. The van der Waals surface area contributed by atoms with Gasteiger partial charge in [0.15, 0.2) is 0 Å². The number of para-hydroxylation sites is 1. The summed E-state index contributed by atoms with van der Waals surface area (Å²) in [6.45, 7) is 3.62. The highest BCUT2D eigenvalue weighted by molar-refractivity contribution is 5.62. The predicted octanol–water partition coefficient (Wildman–Crippen LogP) is 4.48. The molecule has 130 valence electrons. The molecule has 2 heterocycles. The molecule has 0 unspecified atom stereocenters. The molecule has 0 aliphatic heterocycles. The van der Waals surface area contributed by atoms with Crippen molar-refractivity contribution in [3.63, 3.8) is 0 Å². The van der Waals surface area contributed by atoms with Crippen LogP contribution in [0.1, 0.15) is 11.3 Å². The Bertz CT molecular complexity index is 1100. The van der Waals surface area contributed by atoms with Crippen LogP contribution in [0.3, 0.4) is 0 Å². The van der Waals surface area contributed by atoms with E-state index >= 15 is 0 Å². The van der Waals surface area contributed by atoms with E-state index in [1.165, 1.54) is 23.0 Å². The fraction of sp³-hybridized carbons (Fsp3) is 0.105. The first-order valence-electron chi connectivity index (χ1n) is 7.94. The van der Waals surface area contributed by atoms with E-state index in [1.807, 2.05) is 6.92 Å². The van der Waals surface area contributed by atoms with Crippen molar-refractivity contribution in [3.8, 4) is 28.5 Å². The molecule has 0 saturated carbocycles. The lowest BCUT2D eigenvalue weighted by atomic mass is 10.1. The summed E-state index contributed by atoms with van der Waals surface area (Å²) in [6.07, 6.45) is 1.52. The van der Waals surface area contributed by atoms with Gasteiger partial charge in [-0.1, -0.05) is 28.9 Å². The molecule has 7 heteroatoms. The van der Waals surface area contributed by atoms with E-state index in [-0.39, 0.29) is 17.3 Å². The number of halogens is 2. The van der Waals surface area contributed by atoms with Crippen LogP contribution in [-0.4, -0.2) is 19.9 Å². The van der Waals surface area contributed by atoms with Crippen LogP contribution >= 0.6 is 0 Å². The second kappa shape index (κ2) is 6.18. The van der Waals surface area contributed by atoms with Crippen molar-refractivity contribution in [2.45, 2.75) is 13.8 Å². The van der Waals surface area contributed by atoms with Crippen molar-refractivity contribution < 1.29 is 13.3 Å². The van der Waals surface area contributed by atoms with Gasteiger partial charge in [-0.2, -0.15) is 10.1 Å². The molecular formula is C19H14F2N4O. The minimum atomic E-state index is -0.429. The monoisotopic (exact) mass is 352 g/mol. The van der Waals surface area contributed by atoms with Crippen molar-refractivity contribution >= 4 is 0 Å². The van der Waals surface area contributed by atoms with Crippen LogP contribution in [0.5, 0.6) is 0 Å². The minimum Gasteiger partial charge on any atom is -0.333 e. The van der Waals surface area contributed by atoms with Gasteiger partial charge >= 0.3 is 0 Å². The number of nitrogens with zero attached hydrogens (tertiary/aromatic N) is 4. The Balaban J connectivity index is 1.75. The maximum absolute atomic E-state index is 14.0. The molecule has 0 aliphatic carbocycles. The van der Waals surface area contributed by atoms with Crippen LogP contribution in [0.4, 0.5) is 8.78 Å². The first kappa shape index (κ1) is 16.1. The van der Waals surface area contributed by atoms with Gasteiger partial charge in [0.2, 0.25) is 5.82 Å². The second-order valence-corrected chi connectivity index (χ2v) is 5.91. The Kier molecular flexibility index (Phi) is 3.84. The molecule has 0 amide bonds. The topological polar surface area (TPSA) is 56.7 Å². The molecule has 0 radical (unpaired) electrons. The Hall–Kier alpha value is -3.35. The fourth-order valence-corrected chi connectivity index (χ4v) is 2.74. The van der Waals surface area contributed by atoms with E-state index in [0.29, 0.717) is 16.9 Å². The normalized spacial score (nSPS) is 11.1. The van der Waals surface area contributed by atoms with Crippen LogP contribution < -0.4 is 0 Å². The fourth-order valence-electron chi connectivity index (χ4n) is 2.74. The van der Waals surface area contributed by atoms with Crippen LogP contribution in [0.25, 0.3) is 28.5 Å². The van der Waals surface area contributed by atoms with Gasteiger partial charge in [0, 0.05) is 0 Å². The van der Waals surface area contributed by atoms with Gasteiger partial charge < -0.3 is 4.52 Å². The summed E-state index contributed by atoms with van der Waals surface area (Å²) >= 11 is 0. The van der Waals surface area contributed by atoms with E-state index in [1.54, 1.807) is 37.3 Å². The molecule has 26 heavy (non-hydrogen) atoms. The largest absolute Gasteiger partial charge is 0.333 e. The highest BCUT2D eigenvalue weighted by atomic mass is 19.1. The number of hydrogen-bond donors (Lipinski definition) is 0. The lowest BCUT2D eigenvalue weighted by molar-refractivity contribution is 0.431. The Morgan fingerprint density at radius 1 is 0.962 bits per heavy atom. The van der Waals surface area contributed by atoms with Crippen molar-refractivity contribution in [2.24, 2.45) is 0 Å². The van der Waals surface area contributed by atoms with Gasteiger partial charge in [0.05, 0.1) is 23.0 Å². The number of hydrogen-bond acceptors (Lipinski definition) is 4. The SMILES string of the molecule is Cc1ccc(F)c(-c2noc(-c3cnn(-c4ccccc4F)c3C)n2)c1. The van der Waals surface area contributed by atoms with Gasteiger partial charge in [-0.25, -0.2) is 13.5 Å². The lowest BCUT2D eigenvalue weighted by Gasteiger charge is -2.05. The van der Waals surface area contributed by atoms with Crippen LogP contribution in [0.15, 0.2) is 53.2 Å². The standard InChI is InChI=1S/C19H14F2N4O/c1-11-7-8-15(20)13(9-11)18-23-19(26-24-18)14-10-22-25(12(14)2)17-6-4-3-5-16(17)21/h3-10H,1-2H3. The molecule has 2 aromatic carbocycles. The van der Waals surface area contributed by atoms with E-state index in [0.717, 1.165) is 5.56 Å². The quantitative estimate of drug-likeness (QED) is 0.545. The number of benzene rings is 2. The van der Waals surface area contributed by atoms with E-state index in [4.69, 9.17) is 4.52 Å². The third-order valence-corrected chi connectivity index (χ3v) is 4.11. The molecule has 0 atom stereocenters. The summed E-state index contributed by atoms with van der Waals surface area (Å²) < 4.78 is 34.8. The van der Waals surface area contributed by atoms with Crippen LogP contribution in [0, 0.1) is 25.5 Å². The molecule has 0 aliphatic rings. The van der Waals surface area contributed by atoms with Gasteiger partial charge in [-0.05, 0) is 38.1 Å². The van der Waals surface area contributed by atoms with Crippen LogP contribution in [-0.2, 0) is 0 Å². The molecule has 0 bridgehead atoms. The average molecular weight is 352 g/mol. The van der Waals surface area contributed by atoms with Crippen molar-refractivity contribution in [2.75, 3.05) is 0 Å². The number of rotatable bonds is 3. The van der Waals surface area contributed by atoms with E-state index in [9.17, 15) is 8.78 Å². The van der Waals surface area contributed by atoms with E-state index in [2.05, 4.69) is 15.2 Å². The molecule has 4 rings (SSSR count). The van der Waals surface area contributed by atoms with Gasteiger partial charge in [0.1, 0.15) is 17.3 Å². The summed E-state index contributed by atoms with van der Waals surface area (Å²) in [5.41, 5.74) is 2.66. The molecular weight excluding hydrogens is 338 g/mol. The predicted molar refractivity (Wildman–Crippen MR) is 91.7 cm³/mol. The summed E-state index contributed by atoms with van der Waals surface area (Å²) in [5, 5.41) is 8.08. The third kappa shape index (κ3) is 2.67. The number of aromatic nitrogens is 4. The molecule has 0 N–H and O–H groups in total.